The van der Waals surface area contributed by atoms with Crippen molar-refractivity contribution >= 4 is 0 Å². The zero-order valence-corrected chi connectivity index (χ0v) is 18.0. The van der Waals surface area contributed by atoms with Crippen molar-refractivity contribution in [3.63, 3.8) is 0 Å². The molecule has 2 aliphatic carbocycles. The number of ether oxygens (including phenoxy) is 1. The molecule has 31 heavy (non-hydrogen) atoms. The SMILES string of the molecule is C=CCC[C@H]1CC[C@H]([C@H]2CC[C@H](CCc3cc(F)c(OC(F)(F)F)c(F)c3)CC2)CC1. The van der Waals surface area contributed by atoms with Gasteiger partial charge in [-0.3, -0.25) is 0 Å². The summed E-state index contributed by atoms with van der Waals surface area (Å²) in [6.45, 7) is 3.82. The molecular formula is C25H33F5O. The van der Waals surface area contributed by atoms with Crippen LogP contribution in [-0.2, 0) is 6.42 Å². The van der Waals surface area contributed by atoms with Gasteiger partial charge in [0, 0.05) is 0 Å². The van der Waals surface area contributed by atoms with Gasteiger partial charge in [0.1, 0.15) is 0 Å². The summed E-state index contributed by atoms with van der Waals surface area (Å²) in [4.78, 5) is 0. The molecule has 0 radical (unpaired) electrons. The van der Waals surface area contributed by atoms with Gasteiger partial charge in [0.05, 0.1) is 0 Å². The Morgan fingerprint density at radius 2 is 1.32 bits per heavy atom. The second-order valence-corrected chi connectivity index (χ2v) is 9.40. The average molecular weight is 445 g/mol. The Kier molecular flexibility index (Phi) is 8.40. The van der Waals surface area contributed by atoms with Crippen LogP contribution in [0.1, 0.15) is 76.2 Å². The molecule has 0 unspecified atom stereocenters. The summed E-state index contributed by atoms with van der Waals surface area (Å²) >= 11 is 0. The molecule has 6 heteroatoms. The van der Waals surface area contributed by atoms with Crippen molar-refractivity contribution in [2.45, 2.75) is 83.4 Å². The minimum Gasteiger partial charge on any atom is -0.399 e. The summed E-state index contributed by atoms with van der Waals surface area (Å²) in [6.07, 6.45) is 10.6. The van der Waals surface area contributed by atoms with Crippen LogP contribution in [0, 0.1) is 35.3 Å². The lowest BCUT2D eigenvalue weighted by molar-refractivity contribution is -0.276. The van der Waals surface area contributed by atoms with E-state index in [-0.39, 0.29) is 0 Å². The molecule has 1 nitrogen and oxygen atoms in total. The molecule has 174 valence electrons. The molecule has 0 atom stereocenters. The summed E-state index contributed by atoms with van der Waals surface area (Å²) in [7, 11) is 0. The molecule has 1 aromatic rings. The predicted molar refractivity (Wildman–Crippen MR) is 112 cm³/mol. The van der Waals surface area contributed by atoms with Crippen molar-refractivity contribution in [1.29, 1.82) is 0 Å². The molecule has 2 aliphatic rings. The number of benzene rings is 1. The van der Waals surface area contributed by atoms with Crippen molar-refractivity contribution in [2.24, 2.45) is 23.7 Å². The summed E-state index contributed by atoms with van der Waals surface area (Å²) < 4.78 is 68.0. The first kappa shape index (κ1) is 24.1. The molecule has 0 heterocycles. The van der Waals surface area contributed by atoms with Crippen LogP contribution in [0.5, 0.6) is 5.75 Å². The molecule has 3 rings (SSSR count). The number of allylic oxidation sites excluding steroid dienone is 1. The van der Waals surface area contributed by atoms with Crippen molar-refractivity contribution in [2.75, 3.05) is 0 Å². The second-order valence-electron chi connectivity index (χ2n) is 9.40. The van der Waals surface area contributed by atoms with Gasteiger partial charge in [-0.25, -0.2) is 8.78 Å². The van der Waals surface area contributed by atoms with Crippen molar-refractivity contribution in [3.8, 4) is 5.75 Å². The molecule has 2 fully saturated rings. The molecule has 0 aliphatic heterocycles. The van der Waals surface area contributed by atoms with Crippen LogP contribution >= 0.6 is 0 Å². The third kappa shape index (κ3) is 7.21. The number of alkyl halides is 3. The molecule has 0 aromatic heterocycles. The predicted octanol–water partition coefficient (Wildman–Crippen LogP) is 8.38. The van der Waals surface area contributed by atoms with E-state index in [2.05, 4.69) is 11.3 Å². The molecule has 0 amide bonds. The maximum absolute atomic E-state index is 13.9. The standard InChI is InChI=1S/C25H33F5O/c1-2-3-4-17-7-11-20(12-8-17)21-13-9-18(10-14-21)5-6-19-15-22(26)24(23(27)16-19)31-25(28,29)30/h2,15-18,20-21H,1,3-14H2/t17-,18-,20-,21-. The zero-order valence-electron chi connectivity index (χ0n) is 18.0. The van der Waals surface area contributed by atoms with Gasteiger partial charge >= 0.3 is 6.36 Å². The smallest absolute Gasteiger partial charge is 0.399 e. The van der Waals surface area contributed by atoms with E-state index >= 15 is 0 Å². The highest BCUT2D eigenvalue weighted by molar-refractivity contribution is 5.31. The van der Waals surface area contributed by atoms with E-state index in [1.54, 1.807) is 0 Å². The van der Waals surface area contributed by atoms with E-state index in [1.807, 2.05) is 6.08 Å². The summed E-state index contributed by atoms with van der Waals surface area (Å²) in [5, 5.41) is 0. The van der Waals surface area contributed by atoms with Gasteiger partial charge in [-0.15, -0.1) is 19.8 Å². The van der Waals surface area contributed by atoms with Crippen LogP contribution in [0.4, 0.5) is 22.0 Å². The van der Waals surface area contributed by atoms with E-state index in [4.69, 9.17) is 0 Å². The Morgan fingerprint density at radius 3 is 1.77 bits per heavy atom. The molecule has 0 bridgehead atoms. The Labute approximate surface area is 182 Å². The summed E-state index contributed by atoms with van der Waals surface area (Å²) in [5.41, 5.74) is 0.379. The third-order valence-corrected chi connectivity index (χ3v) is 7.35. The largest absolute Gasteiger partial charge is 0.573 e. The third-order valence-electron chi connectivity index (χ3n) is 7.35. The highest BCUT2D eigenvalue weighted by Crippen LogP contribution is 2.43. The maximum atomic E-state index is 13.9. The minimum absolute atomic E-state index is 0.379. The average Bonchev–Trinajstić information content (AvgIpc) is 2.73. The lowest BCUT2D eigenvalue weighted by atomic mass is 9.68. The van der Waals surface area contributed by atoms with E-state index in [1.165, 1.54) is 44.9 Å². The zero-order chi connectivity index (χ0) is 22.4. The van der Waals surface area contributed by atoms with E-state index in [0.717, 1.165) is 55.6 Å². The molecular weight excluding hydrogens is 411 g/mol. The number of halogens is 5. The first-order chi connectivity index (χ1) is 14.7. The molecule has 2 saturated carbocycles. The van der Waals surface area contributed by atoms with Gasteiger partial charge in [0.2, 0.25) is 5.75 Å². The quantitative estimate of drug-likeness (QED) is 0.289. The highest BCUT2D eigenvalue weighted by atomic mass is 19.4. The Bertz CT molecular complexity index is 690. The van der Waals surface area contributed by atoms with E-state index in [9.17, 15) is 22.0 Å². The normalized spacial score (nSPS) is 27.1. The van der Waals surface area contributed by atoms with Gasteiger partial charge in [0.15, 0.2) is 11.6 Å². The lowest BCUT2D eigenvalue weighted by Gasteiger charge is -2.38. The monoisotopic (exact) mass is 444 g/mol. The van der Waals surface area contributed by atoms with Crippen LogP contribution < -0.4 is 4.74 Å². The number of hydrogen-bond donors (Lipinski definition) is 0. The minimum atomic E-state index is -5.12. The molecule has 0 N–H and O–H groups in total. The number of hydrogen-bond acceptors (Lipinski definition) is 1. The topological polar surface area (TPSA) is 9.23 Å². The van der Waals surface area contributed by atoms with Crippen molar-refractivity contribution in [1.82, 2.24) is 0 Å². The van der Waals surface area contributed by atoms with Crippen molar-refractivity contribution < 1.29 is 26.7 Å². The summed E-state index contributed by atoms with van der Waals surface area (Å²) in [6, 6.07) is 1.92. The lowest BCUT2D eigenvalue weighted by Crippen LogP contribution is -2.26. The fourth-order valence-electron chi connectivity index (χ4n) is 5.59. The Hall–Kier alpha value is -1.59. The van der Waals surface area contributed by atoms with E-state index < -0.39 is 23.7 Å². The van der Waals surface area contributed by atoms with Gasteiger partial charge < -0.3 is 4.74 Å². The van der Waals surface area contributed by atoms with Gasteiger partial charge in [-0.2, -0.15) is 0 Å². The fourth-order valence-corrected chi connectivity index (χ4v) is 5.59. The van der Waals surface area contributed by atoms with Crippen LogP contribution in [0.2, 0.25) is 0 Å². The number of aryl methyl sites for hydroxylation is 1. The van der Waals surface area contributed by atoms with Crippen LogP contribution in [0.25, 0.3) is 0 Å². The van der Waals surface area contributed by atoms with Crippen LogP contribution in [0.3, 0.4) is 0 Å². The summed E-state index contributed by atoms with van der Waals surface area (Å²) in [5.74, 6) is -0.984. The molecule has 1 aromatic carbocycles. The van der Waals surface area contributed by atoms with Crippen LogP contribution in [0.15, 0.2) is 24.8 Å². The van der Waals surface area contributed by atoms with Crippen LogP contribution in [-0.4, -0.2) is 6.36 Å². The first-order valence-electron chi connectivity index (χ1n) is 11.6. The van der Waals surface area contributed by atoms with E-state index in [0.29, 0.717) is 17.9 Å². The highest BCUT2D eigenvalue weighted by Gasteiger charge is 2.34. The van der Waals surface area contributed by atoms with Crippen molar-refractivity contribution in [3.05, 3.63) is 42.0 Å². The molecule has 0 saturated heterocycles. The Balaban J connectivity index is 1.42. The van der Waals surface area contributed by atoms with Gasteiger partial charge in [-0.05, 0) is 92.7 Å². The number of rotatable bonds is 8. The van der Waals surface area contributed by atoms with Gasteiger partial charge in [0.25, 0.3) is 0 Å². The maximum Gasteiger partial charge on any atom is 0.573 e. The Morgan fingerprint density at radius 1 is 0.839 bits per heavy atom. The first-order valence-corrected chi connectivity index (χ1v) is 11.6. The molecule has 0 spiro atoms. The second kappa shape index (κ2) is 10.8. The van der Waals surface area contributed by atoms with Gasteiger partial charge in [-0.1, -0.05) is 31.8 Å². The fraction of sp³-hybridized carbons (Fsp3) is 0.680.